The van der Waals surface area contributed by atoms with Crippen LogP contribution in [-0.2, 0) is 9.53 Å². The van der Waals surface area contributed by atoms with Crippen LogP contribution >= 0.6 is 0 Å². The van der Waals surface area contributed by atoms with Crippen LogP contribution in [0.25, 0.3) is 0 Å². The van der Waals surface area contributed by atoms with Gasteiger partial charge in [0.25, 0.3) is 0 Å². The second-order valence-corrected chi connectivity index (χ2v) is 5.61. The minimum Gasteiger partial charge on any atom is -0.390 e. The molecule has 1 aliphatic heterocycles. The van der Waals surface area contributed by atoms with E-state index in [1.807, 2.05) is 0 Å². The maximum atomic E-state index is 10.8. The van der Waals surface area contributed by atoms with Crippen molar-refractivity contribution in [2.45, 2.75) is 89.4 Å². The number of ether oxygens (including phenoxy) is 1. The van der Waals surface area contributed by atoms with E-state index in [2.05, 4.69) is 6.92 Å². The summed E-state index contributed by atoms with van der Waals surface area (Å²) in [6.07, 6.45) is 10.7. The summed E-state index contributed by atoms with van der Waals surface area (Å²) in [5.74, 6) is -0.462. The summed E-state index contributed by atoms with van der Waals surface area (Å²) in [6.45, 7) is 2.23. The number of amides is 1. The van der Waals surface area contributed by atoms with Gasteiger partial charge in [-0.2, -0.15) is 0 Å². The summed E-state index contributed by atoms with van der Waals surface area (Å²) < 4.78 is 5.05. The number of hydrogen-bond acceptors (Lipinski definition) is 3. The van der Waals surface area contributed by atoms with Crippen molar-refractivity contribution in [3.8, 4) is 0 Å². The third-order valence-corrected chi connectivity index (χ3v) is 3.79. The standard InChI is InChI=1S/C15H29NO3/c1-2-3-4-5-6-7-8-9-10-11-12(17)13-14(19-13)15(16)18/h12-14,17H,2-11H2,1H3,(H2,16,18)/t12?,13-,14-/m1/s1. The zero-order valence-electron chi connectivity index (χ0n) is 12.1. The normalized spacial score (nSPS) is 23.3. The first-order valence-corrected chi connectivity index (χ1v) is 7.79. The second-order valence-electron chi connectivity index (χ2n) is 5.61. The Bertz CT molecular complexity index is 258. The van der Waals surface area contributed by atoms with Crippen molar-refractivity contribution in [3.63, 3.8) is 0 Å². The average molecular weight is 271 g/mol. The van der Waals surface area contributed by atoms with Gasteiger partial charge in [0.2, 0.25) is 5.91 Å². The molecule has 1 rings (SSSR count). The molecule has 0 aromatic heterocycles. The Labute approximate surface area is 116 Å². The summed E-state index contributed by atoms with van der Waals surface area (Å²) in [7, 11) is 0. The first kappa shape index (κ1) is 16.4. The third-order valence-electron chi connectivity index (χ3n) is 3.79. The molecule has 1 amide bonds. The van der Waals surface area contributed by atoms with Crippen molar-refractivity contribution in [1.29, 1.82) is 0 Å². The highest BCUT2D eigenvalue weighted by Gasteiger charge is 2.48. The van der Waals surface area contributed by atoms with Crippen molar-refractivity contribution >= 4 is 5.91 Å². The molecule has 3 atom stereocenters. The highest BCUT2D eigenvalue weighted by atomic mass is 16.6. The van der Waals surface area contributed by atoms with Crippen LogP contribution in [0.1, 0.15) is 71.1 Å². The molecular weight excluding hydrogens is 242 g/mol. The molecule has 0 aliphatic carbocycles. The van der Waals surface area contributed by atoms with Crippen LogP contribution in [0.3, 0.4) is 0 Å². The molecule has 0 radical (unpaired) electrons. The Kier molecular flexibility index (Phi) is 8.07. The molecule has 1 fully saturated rings. The van der Waals surface area contributed by atoms with E-state index in [9.17, 15) is 9.90 Å². The number of carbonyl (C=O) groups excluding carboxylic acids is 1. The second kappa shape index (κ2) is 9.32. The molecule has 0 aromatic carbocycles. The van der Waals surface area contributed by atoms with Crippen molar-refractivity contribution in [2.75, 3.05) is 0 Å². The number of hydrogen-bond donors (Lipinski definition) is 2. The van der Waals surface area contributed by atoms with E-state index in [-0.39, 0.29) is 6.10 Å². The lowest BCUT2D eigenvalue weighted by atomic mass is 10.0. The molecule has 1 heterocycles. The van der Waals surface area contributed by atoms with Crippen LogP contribution in [0.5, 0.6) is 0 Å². The minimum atomic E-state index is -0.548. The quantitative estimate of drug-likeness (QED) is 0.423. The van der Waals surface area contributed by atoms with Gasteiger partial charge in [-0.3, -0.25) is 4.79 Å². The number of aliphatic hydroxyl groups excluding tert-OH is 1. The number of aliphatic hydroxyl groups is 1. The van der Waals surface area contributed by atoms with Gasteiger partial charge in [0, 0.05) is 0 Å². The molecule has 1 aliphatic rings. The smallest absolute Gasteiger partial charge is 0.249 e. The van der Waals surface area contributed by atoms with Crippen LogP contribution in [0.2, 0.25) is 0 Å². The monoisotopic (exact) mass is 271 g/mol. The van der Waals surface area contributed by atoms with E-state index in [4.69, 9.17) is 10.5 Å². The lowest BCUT2D eigenvalue weighted by Gasteiger charge is -2.07. The molecule has 0 aromatic rings. The zero-order valence-corrected chi connectivity index (χ0v) is 12.1. The van der Waals surface area contributed by atoms with E-state index in [1.165, 1.54) is 44.9 Å². The Morgan fingerprint density at radius 3 is 2.11 bits per heavy atom. The molecule has 0 spiro atoms. The molecular formula is C15H29NO3. The molecule has 1 saturated heterocycles. The molecule has 0 bridgehead atoms. The predicted octanol–water partition coefficient (Wildman–Crippen LogP) is 2.52. The third kappa shape index (κ3) is 6.92. The Morgan fingerprint density at radius 1 is 1.11 bits per heavy atom. The number of rotatable bonds is 12. The highest BCUT2D eigenvalue weighted by Crippen LogP contribution is 2.27. The minimum absolute atomic E-state index is 0.341. The van der Waals surface area contributed by atoms with Crippen LogP contribution < -0.4 is 5.73 Å². The number of epoxide rings is 1. The topological polar surface area (TPSA) is 75.8 Å². The number of carbonyl (C=O) groups is 1. The van der Waals surface area contributed by atoms with Gasteiger partial charge < -0.3 is 15.6 Å². The molecule has 112 valence electrons. The predicted molar refractivity (Wildman–Crippen MR) is 75.7 cm³/mol. The van der Waals surface area contributed by atoms with Gasteiger partial charge in [-0.15, -0.1) is 0 Å². The SMILES string of the molecule is CCCCCCCCCCCC(O)[C@H]1O[C@H]1C(N)=O. The van der Waals surface area contributed by atoms with E-state index >= 15 is 0 Å². The van der Waals surface area contributed by atoms with E-state index in [0.29, 0.717) is 6.42 Å². The fourth-order valence-electron chi connectivity index (χ4n) is 2.47. The van der Waals surface area contributed by atoms with Crippen molar-refractivity contribution in [3.05, 3.63) is 0 Å². The van der Waals surface area contributed by atoms with Crippen molar-refractivity contribution in [1.82, 2.24) is 0 Å². The van der Waals surface area contributed by atoms with Gasteiger partial charge in [0.05, 0.1) is 6.10 Å². The molecule has 0 saturated carbocycles. The van der Waals surface area contributed by atoms with Crippen LogP contribution in [0.4, 0.5) is 0 Å². The van der Waals surface area contributed by atoms with Gasteiger partial charge >= 0.3 is 0 Å². The lowest BCUT2D eigenvalue weighted by Crippen LogP contribution is -2.25. The number of nitrogens with two attached hydrogens (primary N) is 1. The maximum Gasteiger partial charge on any atom is 0.249 e. The van der Waals surface area contributed by atoms with Crippen molar-refractivity contribution < 1.29 is 14.6 Å². The molecule has 3 N–H and O–H groups in total. The molecule has 19 heavy (non-hydrogen) atoms. The fraction of sp³-hybridized carbons (Fsp3) is 0.933. The summed E-state index contributed by atoms with van der Waals surface area (Å²) >= 11 is 0. The summed E-state index contributed by atoms with van der Waals surface area (Å²) in [5, 5.41) is 9.78. The van der Waals surface area contributed by atoms with E-state index in [0.717, 1.165) is 12.8 Å². The largest absolute Gasteiger partial charge is 0.390 e. The molecule has 1 unspecified atom stereocenters. The van der Waals surface area contributed by atoms with E-state index < -0.39 is 18.1 Å². The summed E-state index contributed by atoms with van der Waals surface area (Å²) in [5.41, 5.74) is 5.10. The van der Waals surface area contributed by atoms with E-state index in [1.54, 1.807) is 0 Å². The van der Waals surface area contributed by atoms with Gasteiger partial charge in [0.1, 0.15) is 6.10 Å². The Morgan fingerprint density at radius 2 is 1.63 bits per heavy atom. The van der Waals surface area contributed by atoms with Gasteiger partial charge in [0.15, 0.2) is 6.10 Å². The van der Waals surface area contributed by atoms with Crippen LogP contribution in [0, 0.1) is 0 Å². The Hall–Kier alpha value is -0.610. The molecule has 4 heteroatoms. The van der Waals surface area contributed by atoms with Gasteiger partial charge in [-0.05, 0) is 6.42 Å². The van der Waals surface area contributed by atoms with Gasteiger partial charge in [-0.1, -0.05) is 64.7 Å². The lowest BCUT2D eigenvalue weighted by molar-refractivity contribution is -0.119. The Balaban J connectivity index is 1.85. The van der Waals surface area contributed by atoms with Crippen LogP contribution in [0.15, 0.2) is 0 Å². The number of unbranched alkanes of at least 4 members (excludes halogenated alkanes) is 8. The van der Waals surface area contributed by atoms with Gasteiger partial charge in [-0.25, -0.2) is 0 Å². The number of primary amides is 1. The van der Waals surface area contributed by atoms with Crippen LogP contribution in [-0.4, -0.2) is 29.3 Å². The summed E-state index contributed by atoms with van der Waals surface area (Å²) in [6, 6.07) is 0. The first-order chi connectivity index (χ1) is 9.16. The van der Waals surface area contributed by atoms with Crippen molar-refractivity contribution in [2.24, 2.45) is 5.73 Å². The highest BCUT2D eigenvalue weighted by molar-refractivity contribution is 5.81. The average Bonchev–Trinajstić information content (AvgIpc) is 3.17. The first-order valence-electron chi connectivity index (χ1n) is 7.79. The summed E-state index contributed by atoms with van der Waals surface area (Å²) in [4.78, 5) is 10.8. The molecule has 4 nitrogen and oxygen atoms in total. The zero-order chi connectivity index (χ0) is 14.1. The fourth-order valence-corrected chi connectivity index (χ4v) is 2.47. The maximum absolute atomic E-state index is 10.8.